The molecular formula is C51H72N18O11S2. The lowest BCUT2D eigenvalue weighted by Gasteiger charge is -2.27. The van der Waals surface area contributed by atoms with E-state index in [4.69, 9.17) is 38.6 Å². The molecule has 0 saturated carbocycles. The number of hydrogen-bond donors (Lipinski definition) is 16. The minimum atomic E-state index is -1.40. The Hall–Kier alpha value is -8.87. The zero-order valence-electron chi connectivity index (χ0n) is 45.4. The third-order valence-corrected chi connectivity index (χ3v) is 14.5. The van der Waals surface area contributed by atoms with Gasteiger partial charge in [0.25, 0.3) is 5.97 Å². The van der Waals surface area contributed by atoms with E-state index in [1.807, 2.05) is 18.2 Å². The first kappa shape index (κ1) is 65.6. The van der Waals surface area contributed by atoms with Gasteiger partial charge < -0.3 is 86.3 Å². The number of carbonyl (C=O) groups is 10. The number of carboxylic acids is 1. The first-order chi connectivity index (χ1) is 39.0. The summed E-state index contributed by atoms with van der Waals surface area (Å²) in [4.78, 5) is 153. The number of nitrogens with one attached hydrogen (secondary N) is 10. The summed E-state index contributed by atoms with van der Waals surface area (Å²) in [6, 6.07) is 5.16. The summed E-state index contributed by atoms with van der Waals surface area (Å²) < 4.78 is 0. The van der Waals surface area contributed by atoms with Gasteiger partial charge in [-0.3, -0.25) is 57.9 Å². The number of benzene rings is 2. The normalized spacial score (nSPS) is 20.9. The van der Waals surface area contributed by atoms with Crippen LogP contribution in [0.25, 0.3) is 10.9 Å². The molecule has 1 saturated heterocycles. The van der Waals surface area contributed by atoms with Gasteiger partial charge in [-0.15, -0.1) is 0 Å². The molecule has 1 aliphatic rings. The van der Waals surface area contributed by atoms with Crippen LogP contribution >= 0.6 is 21.6 Å². The molecule has 9 amide bonds. The number of aliphatic carboxylic acids is 1. The second kappa shape index (κ2) is 33.7. The number of amides is 9. The number of nitrogens with zero attached hydrogens (tertiary/aromatic N) is 3. The molecule has 2 aromatic heterocycles. The van der Waals surface area contributed by atoms with Crippen LogP contribution in [0.3, 0.4) is 0 Å². The van der Waals surface area contributed by atoms with E-state index in [1.165, 1.54) is 26.4 Å². The Labute approximate surface area is 479 Å². The summed E-state index contributed by atoms with van der Waals surface area (Å²) in [5.41, 5.74) is 30.3. The van der Waals surface area contributed by atoms with Gasteiger partial charge in [-0.25, -0.2) is 4.98 Å². The molecule has 5 rings (SSSR count). The van der Waals surface area contributed by atoms with Crippen LogP contribution in [0.2, 0.25) is 0 Å². The van der Waals surface area contributed by atoms with E-state index in [2.05, 4.69) is 67.5 Å². The minimum Gasteiger partial charge on any atom is -0.481 e. The lowest BCUT2D eigenvalue weighted by molar-refractivity contribution is -0.135. The van der Waals surface area contributed by atoms with Gasteiger partial charge in [-0.2, -0.15) is 0 Å². The average molecular weight is 1180 g/mol. The van der Waals surface area contributed by atoms with Crippen LogP contribution in [-0.4, -0.2) is 164 Å². The molecule has 0 spiro atoms. The highest BCUT2D eigenvalue weighted by Gasteiger charge is 2.35. The van der Waals surface area contributed by atoms with E-state index in [1.54, 1.807) is 42.6 Å². The maximum atomic E-state index is 14.6. The first-order valence-electron chi connectivity index (χ1n) is 25.8. The molecule has 31 heteroatoms. The monoisotopic (exact) mass is 1180 g/mol. The van der Waals surface area contributed by atoms with Crippen molar-refractivity contribution >= 4 is 104 Å². The molecule has 0 aliphatic carbocycles. The van der Waals surface area contributed by atoms with Crippen LogP contribution in [-0.2, 0) is 67.2 Å². The number of carbonyl (C=O) groups excluding carboxylic acids is 9. The molecule has 0 bridgehead atoms. The van der Waals surface area contributed by atoms with Crippen molar-refractivity contribution in [2.75, 3.05) is 24.6 Å². The van der Waals surface area contributed by atoms with E-state index in [0.717, 1.165) is 39.4 Å². The molecular weight excluding hydrogens is 1100 g/mol. The van der Waals surface area contributed by atoms with Gasteiger partial charge in [0.2, 0.25) is 53.2 Å². The van der Waals surface area contributed by atoms with Gasteiger partial charge in [0.05, 0.1) is 6.33 Å². The lowest BCUT2D eigenvalue weighted by Crippen LogP contribution is -2.61. The number of rotatable bonds is 18. The number of aromatic amines is 2. The molecule has 8 atom stereocenters. The van der Waals surface area contributed by atoms with Gasteiger partial charge in [0, 0.05) is 86.7 Å². The molecule has 29 nitrogen and oxygen atoms in total. The SMILES string of the molecule is CC(=O)N[C@@H](CCCN=C(N)N)C(=O)NC1CSSCC(C(N)=O)NC(=O)C(Cc2c[nH]c3ccccc23)NC(=O)[C@H](CCCN=C(N)N)NC(=O)C(Cc2ccccc2)NC(=O)[C@H](Cc2cnc[nH]2)NC(=O)[C@@H](C)NC1=O.CC(=O)O. The highest BCUT2D eigenvalue weighted by molar-refractivity contribution is 8.76. The number of nitrogens with two attached hydrogens (primary N) is 5. The number of carboxylic acid groups (broad SMARTS) is 1. The lowest BCUT2D eigenvalue weighted by atomic mass is 10.0. The highest BCUT2D eigenvalue weighted by atomic mass is 33.1. The largest absolute Gasteiger partial charge is 0.481 e. The van der Waals surface area contributed by atoms with Crippen molar-refractivity contribution in [3.8, 4) is 0 Å². The van der Waals surface area contributed by atoms with Crippen LogP contribution in [0, 0.1) is 0 Å². The van der Waals surface area contributed by atoms with E-state index in [9.17, 15) is 43.2 Å². The number of fused-ring (bicyclic) bond motifs is 1. The van der Waals surface area contributed by atoms with Crippen LogP contribution in [0.1, 0.15) is 63.3 Å². The molecule has 444 valence electrons. The van der Waals surface area contributed by atoms with Crippen molar-refractivity contribution in [1.29, 1.82) is 0 Å². The van der Waals surface area contributed by atoms with Crippen molar-refractivity contribution in [1.82, 2.24) is 57.5 Å². The van der Waals surface area contributed by atoms with Crippen LogP contribution in [0.4, 0.5) is 0 Å². The van der Waals surface area contributed by atoms with Crippen molar-refractivity contribution in [3.63, 3.8) is 0 Å². The number of guanidine groups is 2. The third kappa shape index (κ3) is 23.1. The molecule has 2 aromatic carbocycles. The number of hydrogen-bond acceptors (Lipinski definition) is 15. The fraction of sp³-hybridized carbons (Fsp3) is 0.431. The molecule has 4 unspecified atom stereocenters. The maximum Gasteiger partial charge on any atom is 0.300 e. The van der Waals surface area contributed by atoms with Gasteiger partial charge in [0.15, 0.2) is 11.9 Å². The van der Waals surface area contributed by atoms with Crippen LogP contribution in [0.15, 0.2) is 83.3 Å². The minimum absolute atomic E-state index is 0.0573. The van der Waals surface area contributed by atoms with Crippen LogP contribution < -0.4 is 71.2 Å². The predicted molar refractivity (Wildman–Crippen MR) is 308 cm³/mol. The zero-order valence-corrected chi connectivity index (χ0v) is 47.0. The smallest absolute Gasteiger partial charge is 0.300 e. The Morgan fingerprint density at radius 1 is 0.683 bits per heavy atom. The van der Waals surface area contributed by atoms with Crippen molar-refractivity contribution in [3.05, 3.63) is 90.1 Å². The number of imidazole rings is 1. The summed E-state index contributed by atoms with van der Waals surface area (Å²) in [5, 5.41) is 29.6. The number of aromatic nitrogens is 3. The van der Waals surface area contributed by atoms with E-state index in [0.29, 0.717) is 16.8 Å². The molecule has 1 aliphatic heterocycles. The van der Waals surface area contributed by atoms with Crippen molar-refractivity contribution in [2.24, 2.45) is 38.7 Å². The standard InChI is InChI=1S/C49H68N18O9S2.C2H4O2/c1-26-41(70)63-37(20-30-22-55-25-59-30)46(75)64-35(18-28-10-4-3-5-11-28)44(73)62-34(15-9-17-57-49(53)54)43(72)65-36(19-29-21-58-32-13-7-6-12-31(29)32)45(74)66-38(40(50)69)23-77-78-24-39(47(76)60-26)67-42(71)33(61-27(2)68)14-8-16-56-48(51)52;1-2(3)4/h3-7,10-13,21-22,25-26,33-39,58H,8-9,14-20,23-24H2,1-2H3,(H2,50,69)(H,55,59)(H,60,76)(H,61,68)(H,62,73)(H,63,70)(H,64,75)(H,65,72)(H,66,74)(H,67,71)(H4,51,52,56)(H4,53,54,57);1H3,(H,3,4)/t26-,33+,34+,35?,36?,37+,38?,39?;/m1./s1. The second-order valence-corrected chi connectivity index (χ2v) is 21.3. The van der Waals surface area contributed by atoms with Gasteiger partial charge in [0.1, 0.15) is 48.3 Å². The number of aliphatic imine (C=N–C) groups is 2. The summed E-state index contributed by atoms with van der Waals surface area (Å²) in [5.74, 6) is -8.80. The highest BCUT2D eigenvalue weighted by Crippen LogP contribution is 2.24. The Balaban J connectivity index is 0.00000349. The van der Waals surface area contributed by atoms with Crippen LogP contribution in [0.5, 0.6) is 0 Å². The quantitative estimate of drug-likeness (QED) is 0.0203. The summed E-state index contributed by atoms with van der Waals surface area (Å²) in [7, 11) is 2.02. The van der Waals surface area contributed by atoms with Crippen molar-refractivity contribution < 1.29 is 53.1 Å². The second-order valence-electron chi connectivity index (χ2n) is 18.8. The number of H-pyrrole nitrogens is 2. The summed E-state index contributed by atoms with van der Waals surface area (Å²) in [6.45, 7) is 3.83. The molecule has 4 aromatic rings. The Morgan fingerprint density at radius 3 is 1.87 bits per heavy atom. The maximum absolute atomic E-state index is 14.6. The number of para-hydroxylation sites is 1. The predicted octanol–water partition coefficient (Wildman–Crippen LogP) is -3.08. The third-order valence-electron chi connectivity index (χ3n) is 12.1. The first-order valence-corrected chi connectivity index (χ1v) is 28.3. The Morgan fingerprint density at radius 2 is 1.24 bits per heavy atom. The zero-order chi connectivity index (χ0) is 60.3. The molecule has 3 heterocycles. The molecule has 1 fully saturated rings. The number of primary amides is 1. The fourth-order valence-corrected chi connectivity index (χ4v) is 10.4. The van der Waals surface area contributed by atoms with E-state index in [-0.39, 0.29) is 81.5 Å². The average Bonchev–Trinajstić information content (AvgIpc) is 4.11. The summed E-state index contributed by atoms with van der Waals surface area (Å²) in [6.07, 6.45) is 4.53. The van der Waals surface area contributed by atoms with E-state index < -0.39 is 107 Å². The van der Waals surface area contributed by atoms with Gasteiger partial charge in [-0.1, -0.05) is 70.1 Å². The molecule has 0 radical (unpaired) electrons. The Kier molecular flexibility index (Phi) is 26.9. The molecule has 21 N–H and O–H groups in total. The van der Waals surface area contributed by atoms with E-state index >= 15 is 0 Å². The topological polar surface area (TPSA) is 486 Å². The van der Waals surface area contributed by atoms with Gasteiger partial charge >= 0.3 is 0 Å². The van der Waals surface area contributed by atoms with Gasteiger partial charge in [-0.05, 0) is 49.8 Å². The van der Waals surface area contributed by atoms with Crippen molar-refractivity contribution in [2.45, 2.75) is 114 Å². The summed E-state index contributed by atoms with van der Waals surface area (Å²) >= 11 is 0. The Bertz CT molecular complexity index is 2880. The fourth-order valence-electron chi connectivity index (χ4n) is 8.05. The molecule has 82 heavy (non-hydrogen) atoms.